The number of carboxylic acid groups (broad SMARTS) is 1. The van der Waals surface area contributed by atoms with Gasteiger partial charge in [-0.1, -0.05) is 27.5 Å². The minimum atomic E-state index is -0.953. The molecule has 98 valence electrons. The summed E-state index contributed by atoms with van der Waals surface area (Å²) < 4.78 is 6.50. The molecular formula is C14H10BrClO3. The second-order valence-electron chi connectivity index (χ2n) is 3.96. The van der Waals surface area contributed by atoms with Gasteiger partial charge in [0.25, 0.3) is 0 Å². The summed E-state index contributed by atoms with van der Waals surface area (Å²) in [7, 11) is 0. The molecular weight excluding hydrogens is 332 g/mol. The normalized spacial score (nSPS) is 10.3. The zero-order chi connectivity index (χ0) is 14.0. The maximum atomic E-state index is 10.9. The van der Waals surface area contributed by atoms with E-state index in [2.05, 4.69) is 15.9 Å². The third-order valence-corrected chi connectivity index (χ3v) is 3.34. The first-order valence-corrected chi connectivity index (χ1v) is 6.61. The molecule has 0 aromatic heterocycles. The molecule has 0 aliphatic heterocycles. The molecule has 0 bridgehead atoms. The van der Waals surface area contributed by atoms with Gasteiger partial charge in [0, 0.05) is 4.47 Å². The summed E-state index contributed by atoms with van der Waals surface area (Å²) in [5.74, 6) is 0.116. The number of hydrogen-bond donors (Lipinski definition) is 1. The zero-order valence-electron chi connectivity index (χ0n) is 9.98. The van der Waals surface area contributed by atoms with Crippen LogP contribution < -0.4 is 4.74 Å². The Morgan fingerprint density at radius 1 is 1.26 bits per heavy atom. The third-order valence-electron chi connectivity index (χ3n) is 2.55. The van der Waals surface area contributed by atoms with Crippen molar-refractivity contribution >= 4 is 33.5 Å². The molecule has 5 heteroatoms. The van der Waals surface area contributed by atoms with E-state index < -0.39 is 5.97 Å². The lowest BCUT2D eigenvalue weighted by Gasteiger charge is -2.09. The fourth-order valence-electron chi connectivity index (χ4n) is 1.62. The van der Waals surface area contributed by atoms with Gasteiger partial charge in [-0.25, -0.2) is 4.79 Å². The van der Waals surface area contributed by atoms with E-state index in [1.54, 1.807) is 31.2 Å². The van der Waals surface area contributed by atoms with Crippen molar-refractivity contribution in [2.75, 3.05) is 0 Å². The van der Waals surface area contributed by atoms with E-state index in [-0.39, 0.29) is 5.56 Å². The summed E-state index contributed by atoms with van der Waals surface area (Å²) in [4.78, 5) is 10.9. The number of carbonyl (C=O) groups is 1. The van der Waals surface area contributed by atoms with Crippen molar-refractivity contribution in [2.45, 2.75) is 6.92 Å². The molecule has 0 aliphatic rings. The van der Waals surface area contributed by atoms with Gasteiger partial charge < -0.3 is 9.84 Å². The zero-order valence-corrected chi connectivity index (χ0v) is 12.3. The summed E-state index contributed by atoms with van der Waals surface area (Å²) in [5, 5.41) is 9.43. The quantitative estimate of drug-likeness (QED) is 0.863. The van der Waals surface area contributed by atoms with Gasteiger partial charge in [0.2, 0.25) is 0 Å². The summed E-state index contributed by atoms with van der Waals surface area (Å²) >= 11 is 9.37. The highest BCUT2D eigenvalue weighted by Gasteiger charge is 2.09. The summed E-state index contributed by atoms with van der Waals surface area (Å²) in [5.41, 5.74) is 0.896. The maximum absolute atomic E-state index is 10.9. The highest BCUT2D eigenvalue weighted by atomic mass is 79.9. The van der Waals surface area contributed by atoms with E-state index in [0.29, 0.717) is 22.1 Å². The summed E-state index contributed by atoms with van der Waals surface area (Å²) in [6.45, 7) is 1.72. The predicted molar refractivity (Wildman–Crippen MR) is 77.4 cm³/mol. The molecule has 19 heavy (non-hydrogen) atoms. The van der Waals surface area contributed by atoms with Crippen LogP contribution >= 0.6 is 27.5 Å². The van der Waals surface area contributed by atoms with Gasteiger partial charge in [-0.05, 0) is 48.9 Å². The van der Waals surface area contributed by atoms with Crippen molar-refractivity contribution in [3.8, 4) is 11.5 Å². The van der Waals surface area contributed by atoms with Crippen molar-refractivity contribution in [3.63, 3.8) is 0 Å². The lowest BCUT2D eigenvalue weighted by Crippen LogP contribution is -1.99. The SMILES string of the molecule is Cc1cc(Oc2ccc(Br)cc2Cl)ccc1C(=O)O. The Morgan fingerprint density at radius 3 is 2.58 bits per heavy atom. The molecule has 2 rings (SSSR count). The average molecular weight is 342 g/mol. The van der Waals surface area contributed by atoms with Gasteiger partial charge in [0.15, 0.2) is 0 Å². The van der Waals surface area contributed by atoms with Crippen LogP contribution in [-0.2, 0) is 0 Å². The number of hydrogen-bond acceptors (Lipinski definition) is 2. The van der Waals surface area contributed by atoms with Crippen molar-refractivity contribution in [1.82, 2.24) is 0 Å². The molecule has 0 heterocycles. The second-order valence-corrected chi connectivity index (χ2v) is 5.28. The number of halogens is 2. The first-order chi connectivity index (χ1) is 8.97. The van der Waals surface area contributed by atoms with Crippen LogP contribution in [0.25, 0.3) is 0 Å². The van der Waals surface area contributed by atoms with Crippen LogP contribution in [0.4, 0.5) is 0 Å². The van der Waals surface area contributed by atoms with Gasteiger partial charge in [0.1, 0.15) is 11.5 Å². The molecule has 0 saturated carbocycles. The van der Waals surface area contributed by atoms with Crippen LogP contribution in [0.2, 0.25) is 5.02 Å². The fourth-order valence-corrected chi connectivity index (χ4v) is 2.34. The van der Waals surface area contributed by atoms with Crippen LogP contribution in [-0.4, -0.2) is 11.1 Å². The largest absolute Gasteiger partial charge is 0.478 e. The van der Waals surface area contributed by atoms with Gasteiger partial charge in [0.05, 0.1) is 10.6 Å². The van der Waals surface area contributed by atoms with Crippen molar-refractivity contribution in [3.05, 3.63) is 57.0 Å². The Hall–Kier alpha value is -1.52. The number of aryl methyl sites for hydroxylation is 1. The molecule has 2 aromatic rings. The first kappa shape index (κ1) is 13.9. The van der Waals surface area contributed by atoms with Crippen molar-refractivity contribution < 1.29 is 14.6 Å². The van der Waals surface area contributed by atoms with Gasteiger partial charge >= 0.3 is 5.97 Å². The van der Waals surface area contributed by atoms with Gasteiger partial charge in [-0.2, -0.15) is 0 Å². The topological polar surface area (TPSA) is 46.5 Å². The van der Waals surface area contributed by atoms with Crippen LogP contribution in [0.15, 0.2) is 40.9 Å². The second kappa shape index (κ2) is 5.63. The fraction of sp³-hybridized carbons (Fsp3) is 0.0714. The number of ether oxygens (including phenoxy) is 1. The minimum Gasteiger partial charge on any atom is -0.478 e. The first-order valence-electron chi connectivity index (χ1n) is 5.44. The van der Waals surface area contributed by atoms with E-state index in [9.17, 15) is 4.79 Å². The molecule has 3 nitrogen and oxygen atoms in total. The van der Waals surface area contributed by atoms with Crippen molar-refractivity contribution in [1.29, 1.82) is 0 Å². The molecule has 2 aromatic carbocycles. The Bertz CT molecular complexity index is 641. The molecule has 0 aliphatic carbocycles. The predicted octanol–water partition coefficient (Wildman–Crippen LogP) is 4.90. The molecule has 0 amide bonds. The average Bonchev–Trinajstić information content (AvgIpc) is 2.32. The minimum absolute atomic E-state index is 0.259. The highest BCUT2D eigenvalue weighted by Crippen LogP contribution is 2.32. The summed E-state index contributed by atoms with van der Waals surface area (Å²) in [6, 6.07) is 10.1. The Labute approximate surface area is 123 Å². The number of rotatable bonds is 3. The maximum Gasteiger partial charge on any atom is 0.335 e. The number of aromatic carboxylic acids is 1. The Morgan fingerprint density at radius 2 is 2.00 bits per heavy atom. The monoisotopic (exact) mass is 340 g/mol. The Balaban J connectivity index is 2.29. The molecule has 1 N–H and O–H groups in total. The van der Waals surface area contributed by atoms with E-state index in [1.165, 1.54) is 6.07 Å². The van der Waals surface area contributed by atoms with Crippen LogP contribution in [0.1, 0.15) is 15.9 Å². The molecule has 0 saturated heterocycles. The standard InChI is InChI=1S/C14H10BrClO3/c1-8-6-10(3-4-11(8)14(17)18)19-13-5-2-9(15)7-12(13)16/h2-7H,1H3,(H,17,18). The smallest absolute Gasteiger partial charge is 0.335 e. The molecule has 0 atom stereocenters. The molecule has 0 spiro atoms. The van der Waals surface area contributed by atoms with Crippen LogP contribution in [0.5, 0.6) is 11.5 Å². The van der Waals surface area contributed by atoms with Crippen molar-refractivity contribution in [2.24, 2.45) is 0 Å². The Kier molecular flexibility index (Phi) is 4.12. The lowest BCUT2D eigenvalue weighted by atomic mass is 10.1. The van der Waals surface area contributed by atoms with Gasteiger partial charge in [-0.15, -0.1) is 0 Å². The van der Waals surface area contributed by atoms with E-state index in [4.69, 9.17) is 21.4 Å². The van der Waals surface area contributed by atoms with Gasteiger partial charge in [-0.3, -0.25) is 0 Å². The van der Waals surface area contributed by atoms with E-state index in [1.807, 2.05) is 6.07 Å². The molecule has 0 fully saturated rings. The lowest BCUT2D eigenvalue weighted by molar-refractivity contribution is 0.0696. The summed E-state index contributed by atoms with van der Waals surface area (Å²) in [6.07, 6.45) is 0. The number of carboxylic acids is 1. The van der Waals surface area contributed by atoms with Crippen LogP contribution in [0, 0.1) is 6.92 Å². The third kappa shape index (κ3) is 3.28. The van der Waals surface area contributed by atoms with E-state index in [0.717, 1.165) is 4.47 Å². The molecule has 0 radical (unpaired) electrons. The molecule has 0 unspecified atom stereocenters. The van der Waals surface area contributed by atoms with E-state index >= 15 is 0 Å². The highest BCUT2D eigenvalue weighted by molar-refractivity contribution is 9.10. The van der Waals surface area contributed by atoms with Crippen LogP contribution in [0.3, 0.4) is 0 Å². The number of benzene rings is 2.